The highest BCUT2D eigenvalue weighted by molar-refractivity contribution is 5.91. The van der Waals surface area contributed by atoms with Crippen molar-refractivity contribution >= 4 is 0 Å². The van der Waals surface area contributed by atoms with Gasteiger partial charge in [-0.3, -0.25) is 0 Å². The molecule has 3 rings (SSSR count). The normalized spacial score (nSPS) is 12.3. The molecule has 0 saturated heterocycles. The third kappa shape index (κ3) is 5.89. The van der Waals surface area contributed by atoms with Gasteiger partial charge in [-0.05, 0) is 118 Å². The second-order valence-electron chi connectivity index (χ2n) is 11.6. The molecule has 1 aliphatic rings. The summed E-state index contributed by atoms with van der Waals surface area (Å²) in [4.78, 5) is 0. The van der Waals surface area contributed by atoms with Crippen LogP contribution < -0.4 is 0 Å². The van der Waals surface area contributed by atoms with Crippen molar-refractivity contribution in [2.45, 2.75) is 158 Å². The zero-order chi connectivity index (χ0) is 26.9. The molecule has 0 unspecified atom stereocenters. The van der Waals surface area contributed by atoms with Gasteiger partial charge in [0.2, 0.25) is 0 Å². The van der Waals surface area contributed by atoms with E-state index in [4.69, 9.17) is 0 Å². The van der Waals surface area contributed by atoms with E-state index in [1.165, 1.54) is 103 Å². The van der Waals surface area contributed by atoms with Crippen molar-refractivity contribution in [1.82, 2.24) is 0 Å². The summed E-state index contributed by atoms with van der Waals surface area (Å²) in [6.45, 7) is 19.1. The summed E-state index contributed by atoms with van der Waals surface area (Å²) in [5.74, 6) is 0. The lowest BCUT2D eigenvalue weighted by molar-refractivity contribution is 0.797. The Bertz CT molecular complexity index is 952. The number of hydrogen-bond acceptors (Lipinski definition) is 0. The molecule has 0 heteroatoms. The second kappa shape index (κ2) is 14.6. The molecule has 0 atom stereocenters. The molecule has 1 aliphatic carbocycles. The van der Waals surface area contributed by atoms with Gasteiger partial charge in [-0.25, -0.2) is 0 Å². The Morgan fingerprint density at radius 1 is 0.297 bits per heavy atom. The van der Waals surface area contributed by atoms with E-state index >= 15 is 0 Å². The van der Waals surface area contributed by atoms with E-state index in [1.54, 1.807) is 66.8 Å². The zero-order valence-electron chi connectivity index (χ0n) is 25.9. The van der Waals surface area contributed by atoms with Crippen LogP contribution in [0.4, 0.5) is 0 Å². The quantitative estimate of drug-likeness (QED) is 0.183. The SMILES string of the molecule is CCCc1c2c(c(CCC)c(CCC)c1CCC)-c1c(c(CCC)c(CCC)c(CCC)c1CCC)[CH]2. The monoisotopic (exact) mass is 501 g/mol. The number of hydrogen-bond donors (Lipinski definition) is 0. The molecule has 0 aromatic heterocycles. The summed E-state index contributed by atoms with van der Waals surface area (Å²) in [6.07, 6.45) is 22.5. The topological polar surface area (TPSA) is 0 Å². The number of rotatable bonds is 16. The second-order valence-corrected chi connectivity index (χ2v) is 11.6. The highest BCUT2D eigenvalue weighted by Crippen LogP contribution is 2.51. The number of fused-ring (bicyclic) bond motifs is 3. The van der Waals surface area contributed by atoms with Crippen molar-refractivity contribution < 1.29 is 0 Å². The molecule has 37 heavy (non-hydrogen) atoms. The van der Waals surface area contributed by atoms with Crippen molar-refractivity contribution in [2.24, 2.45) is 0 Å². The minimum Gasteiger partial charge on any atom is -0.0651 e. The zero-order valence-corrected chi connectivity index (χ0v) is 25.9. The Morgan fingerprint density at radius 2 is 0.514 bits per heavy atom. The first kappa shape index (κ1) is 30.0. The van der Waals surface area contributed by atoms with Crippen LogP contribution in [-0.4, -0.2) is 0 Å². The lowest BCUT2D eigenvalue weighted by atomic mass is 9.78. The van der Waals surface area contributed by atoms with Gasteiger partial charge < -0.3 is 0 Å². The Labute approximate surface area is 231 Å². The molecule has 0 nitrogen and oxygen atoms in total. The van der Waals surface area contributed by atoms with Crippen LogP contribution in [0.2, 0.25) is 0 Å². The van der Waals surface area contributed by atoms with Crippen molar-refractivity contribution in [2.75, 3.05) is 0 Å². The molecule has 0 N–H and O–H groups in total. The van der Waals surface area contributed by atoms with Crippen LogP contribution in [0, 0.1) is 6.42 Å². The molecular formula is C37H57. The van der Waals surface area contributed by atoms with Crippen LogP contribution in [0.3, 0.4) is 0 Å². The van der Waals surface area contributed by atoms with Gasteiger partial charge in [-0.15, -0.1) is 0 Å². The van der Waals surface area contributed by atoms with Gasteiger partial charge in [-0.2, -0.15) is 0 Å². The van der Waals surface area contributed by atoms with Crippen molar-refractivity contribution in [1.29, 1.82) is 0 Å². The Hall–Kier alpha value is -1.56. The molecule has 0 bridgehead atoms. The first-order valence-corrected chi connectivity index (χ1v) is 16.3. The van der Waals surface area contributed by atoms with Crippen LogP contribution in [0.25, 0.3) is 11.1 Å². The van der Waals surface area contributed by atoms with Crippen LogP contribution in [0.15, 0.2) is 0 Å². The maximum Gasteiger partial charge on any atom is 0.0218 e. The van der Waals surface area contributed by atoms with Gasteiger partial charge in [0.25, 0.3) is 0 Å². The molecule has 2 aromatic carbocycles. The molecule has 2 aromatic rings. The smallest absolute Gasteiger partial charge is 0.0218 e. The predicted octanol–water partition coefficient (Wildman–Crippen LogP) is 10.9. The van der Waals surface area contributed by atoms with Crippen molar-refractivity contribution in [3.05, 3.63) is 62.1 Å². The molecule has 0 fully saturated rings. The van der Waals surface area contributed by atoms with E-state index < -0.39 is 0 Å². The van der Waals surface area contributed by atoms with Crippen LogP contribution in [0.5, 0.6) is 0 Å². The van der Waals surface area contributed by atoms with Crippen molar-refractivity contribution in [3.8, 4) is 11.1 Å². The minimum absolute atomic E-state index is 1.22. The standard InChI is InChI=1S/C37H57/c1-9-17-26-28(19-11-3)32(23-15-7)36-34(30(26)21-13-5)25-35-31(22-14-6)27(18-10-2)29(20-12-4)33(24-16-8)37(35)36/h25H,9-24H2,1-8H3. The molecule has 0 aliphatic heterocycles. The lowest BCUT2D eigenvalue weighted by Crippen LogP contribution is -2.11. The van der Waals surface area contributed by atoms with E-state index in [0.29, 0.717) is 0 Å². The Balaban J connectivity index is 2.55. The average Bonchev–Trinajstić information content (AvgIpc) is 3.28. The largest absolute Gasteiger partial charge is 0.0651 e. The minimum atomic E-state index is 1.22. The highest BCUT2D eigenvalue weighted by Gasteiger charge is 2.34. The van der Waals surface area contributed by atoms with E-state index in [2.05, 4.69) is 61.8 Å². The van der Waals surface area contributed by atoms with Gasteiger partial charge in [0.1, 0.15) is 0 Å². The first-order valence-electron chi connectivity index (χ1n) is 16.3. The van der Waals surface area contributed by atoms with Crippen molar-refractivity contribution in [3.63, 3.8) is 0 Å². The first-order chi connectivity index (χ1) is 18.1. The fourth-order valence-corrected chi connectivity index (χ4v) is 7.35. The van der Waals surface area contributed by atoms with Crippen LogP contribution >= 0.6 is 0 Å². The molecule has 1 radical (unpaired) electrons. The van der Waals surface area contributed by atoms with Crippen LogP contribution in [-0.2, 0) is 51.4 Å². The summed E-state index contributed by atoms with van der Waals surface area (Å²) in [5.41, 5.74) is 20.4. The van der Waals surface area contributed by atoms with E-state index in [-0.39, 0.29) is 0 Å². The average molecular weight is 502 g/mol. The van der Waals surface area contributed by atoms with E-state index in [0.717, 1.165) is 0 Å². The molecule has 0 amide bonds. The summed E-state index contributed by atoms with van der Waals surface area (Å²) < 4.78 is 0. The maximum atomic E-state index is 2.71. The molecule has 0 saturated carbocycles. The highest BCUT2D eigenvalue weighted by atomic mass is 14.4. The molecule has 0 spiro atoms. The summed E-state index contributed by atoms with van der Waals surface area (Å²) in [7, 11) is 0. The van der Waals surface area contributed by atoms with Gasteiger partial charge in [0.05, 0.1) is 0 Å². The lowest BCUT2D eigenvalue weighted by Gasteiger charge is -2.27. The third-order valence-electron chi connectivity index (χ3n) is 8.52. The van der Waals surface area contributed by atoms with E-state index in [9.17, 15) is 0 Å². The van der Waals surface area contributed by atoms with Gasteiger partial charge in [0, 0.05) is 6.42 Å². The summed E-state index contributed by atoms with van der Waals surface area (Å²) in [5, 5.41) is 0. The van der Waals surface area contributed by atoms with Gasteiger partial charge in [-0.1, -0.05) is 107 Å². The van der Waals surface area contributed by atoms with Gasteiger partial charge in [0.15, 0.2) is 0 Å². The summed E-state index contributed by atoms with van der Waals surface area (Å²) in [6, 6.07) is 0. The number of benzene rings is 2. The fourth-order valence-electron chi connectivity index (χ4n) is 7.35. The molecule has 205 valence electrons. The van der Waals surface area contributed by atoms with Crippen LogP contribution in [0.1, 0.15) is 162 Å². The fraction of sp³-hybridized carbons (Fsp3) is 0.649. The maximum absolute atomic E-state index is 2.71. The third-order valence-corrected chi connectivity index (χ3v) is 8.52. The predicted molar refractivity (Wildman–Crippen MR) is 166 cm³/mol. The van der Waals surface area contributed by atoms with E-state index in [1.807, 2.05) is 0 Å². The van der Waals surface area contributed by atoms with Gasteiger partial charge >= 0.3 is 0 Å². The summed E-state index contributed by atoms with van der Waals surface area (Å²) >= 11 is 0. The Kier molecular flexibility index (Phi) is 11.8. The molecule has 0 heterocycles. The molecular weight excluding hydrogens is 444 g/mol. The Morgan fingerprint density at radius 3 is 0.784 bits per heavy atom.